The summed E-state index contributed by atoms with van der Waals surface area (Å²) >= 11 is 0. The molecule has 0 aromatic rings. The van der Waals surface area contributed by atoms with E-state index in [2.05, 4.69) is 111 Å². The van der Waals surface area contributed by atoms with Crippen LogP contribution >= 0.6 is 7.82 Å². The van der Waals surface area contributed by atoms with E-state index in [9.17, 15) is 14.3 Å². The molecule has 3 N–H and O–H groups in total. The first-order chi connectivity index (χ1) is 27.4. The molecule has 8 nitrogen and oxygen atoms in total. The molecule has 9 heteroatoms. The van der Waals surface area contributed by atoms with E-state index in [-0.39, 0.29) is 38.8 Å². The van der Waals surface area contributed by atoms with Crippen LogP contribution in [0.1, 0.15) is 155 Å². The highest BCUT2D eigenvalue weighted by Gasteiger charge is 2.25. The minimum atomic E-state index is -4.30. The molecule has 0 aliphatic heterocycles. The fourth-order valence-electron chi connectivity index (χ4n) is 5.32. The van der Waals surface area contributed by atoms with Crippen LogP contribution in [0, 0.1) is 0 Å². The zero-order valence-corrected chi connectivity index (χ0v) is 36.2. The molecule has 0 radical (unpaired) electrons. The quantitative estimate of drug-likeness (QED) is 0.0272. The van der Waals surface area contributed by atoms with Crippen molar-refractivity contribution in [1.82, 2.24) is 0 Å². The Balaban J connectivity index is 4.18. The zero-order valence-electron chi connectivity index (χ0n) is 35.3. The lowest BCUT2D eigenvalue weighted by molar-refractivity contribution is -0.154. The summed E-state index contributed by atoms with van der Waals surface area (Å²) in [5.41, 5.74) is 5.36. The van der Waals surface area contributed by atoms with Crippen molar-refractivity contribution < 1.29 is 32.8 Å². The smallest absolute Gasteiger partial charge is 0.457 e. The van der Waals surface area contributed by atoms with Crippen LogP contribution in [0.25, 0.3) is 0 Å². The van der Waals surface area contributed by atoms with Crippen molar-refractivity contribution in [3.8, 4) is 0 Å². The third-order valence-corrected chi connectivity index (χ3v) is 9.47. The van der Waals surface area contributed by atoms with E-state index in [0.29, 0.717) is 13.0 Å². The number of phosphoric acid groups is 1. The number of esters is 1. The maximum Gasteiger partial charge on any atom is 0.472 e. The number of hydrogen-bond donors (Lipinski definition) is 2. The second-order valence-electron chi connectivity index (χ2n) is 13.8. The van der Waals surface area contributed by atoms with Crippen LogP contribution in [0.2, 0.25) is 0 Å². The fourth-order valence-corrected chi connectivity index (χ4v) is 6.09. The summed E-state index contributed by atoms with van der Waals surface area (Å²) in [6.45, 7) is 4.67. The first-order valence-electron chi connectivity index (χ1n) is 21.7. The number of carbonyl (C=O) groups excluding carboxylic acids is 1. The maximum absolute atomic E-state index is 12.6. The molecule has 0 spiro atoms. The molecule has 0 amide bonds. The molecule has 0 aliphatic carbocycles. The van der Waals surface area contributed by atoms with Crippen molar-refractivity contribution in [1.29, 1.82) is 0 Å². The highest BCUT2D eigenvalue weighted by atomic mass is 31.2. The van der Waals surface area contributed by atoms with Crippen molar-refractivity contribution in [2.24, 2.45) is 5.73 Å². The maximum atomic E-state index is 12.6. The molecule has 2 unspecified atom stereocenters. The lowest BCUT2D eigenvalue weighted by Gasteiger charge is -2.20. The lowest BCUT2D eigenvalue weighted by atomic mass is 10.1. The van der Waals surface area contributed by atoms with Crippen LogP contribution < -0.4 is 5.73 Å². The van der Waals surface area contributed by atoms with E-state index < -0.39 is 13.9 Å². The van der Waals surface area contributed by atoms with E-state index in [1.54, 1.807) is 0 Å². The summed E-state index contributed by atoms with van der Waals surface area (Å²) in [6, 6.07) is 0. The van der Waals surface area contributed by atoms with Gasteiger partial charge in [0.2, 0.25) is 0 Å². The SMILES string of the molecule is CC/C=C\C/C=C\C/C=C\C/C=C\C/C=C\C/C=C\CCCCC(=O)OC(COCCCCCCCC/C=C\C/C=C\CCCCC)COP(=O)(O)OCCN. The topological polar surface area (TPSA) is 117 Å². The number of allylic oxidation sites excluding steroid dienone is 16. The molecule has 320 valence electrons. The van der Waals surface area contributed by atoms with Gasteiger partial charge in [-0.15, -0.1) is 0 Å². The molecule has 0 rings (SSSR count). The van der Waals surface area contributed by atoms with Gasteiger partial charge < -0.3 is 20.1 Å². The van der Waals surface area contributed by atoms with Crippen LogP contribution in [0.3, 0.4) is 0 Å². The Morgan fingerprint density at radius 1 is 0.554 bits per heavy atom. The average Bonchev–Trinajstić information content (AvgIpc) is 3.19. The Morgan fingerprint density at radius 3 is 1.50 bits per heavy atom. The van der Waals surface area contributed by atoms with Crippen molar-refractivity contribution in [3.63, 3.8) is 0 Å². The largest absolute Gasteiger partial charge is 0.472 e. The first-order valence-corrected chi connectivity index (χ1v) is 23.2. The molecule has 0 fully saturated rings. The van der Waals surface area contributed by atoms with Gasteiger partial charge in [0.25, 0.3) is 0 Å². The van der Waals surface area contributed by atoms with Gasteiger partial charge in [0.1, 0.15) is 6.10 Å². The Morgan fingerprint density at radius 2 is 1.00 bits per heavy atom. The number of rotatable bonds is 40. The number of phosphoric ester groups is 1. The van der Waals surface area contributed by atoms with Crippen LogP contribution in [-0.2, 0) is 27.9 Å². The fraction of sp³-hybridized carbons (Fsp3) is 0.638. The van der Waals surface area contributed by atoms with Gasteiger partial charge in [-0.2, -0.15) is 0 Å². The van der Waals surface area contributed by atoms with Gasteiger partial charge in [-0.3, -0.25) is 13.8 Å². The van der Waals surface area contributed by atoms with Gasteiger partial charge in [-0.25, -0.2) is 4.57 Å². The van der Waals surface area contributed by atoms with Gasteiger partial charge in [0.05, 0.1) is 19.8 Å². The highest BCUT2D eigenvalue weighted by molar-refractivity contribution is 7.47. The van der Waals surface area contributed by atoms with Crippen molar-refractivity contribution in [2.75, 3.05) is 33.0 Å². The number of carbonyl (C=O) groups is 1. The van der Waals surface area contributed by atoms with Gasteiger partial charge in [-0.1, -0.05) is 150 Å². The molecular weight excluding hydrogens is 721 g/mol. The monoisotopic (exact) mass is 802 g/mol. The standard InChI is InChI=1S/C47H80NO7P/c1-3-5-7-9-11-13-15-17-19-21-22-23-24-25-26-28-30-32-34-36-38-40-47(49)55-46(45-54-56(50,51)53-43-41-48)44-52-42-39-37-35-33-31-29-27-20-18-16-14-12-10-8-6-4-2/h5,7,11-14,17-20,22-23,25-26,30,32,46H,3-4,6,8-10,15-16,21,24,27-29,31,33-45,48H2,1-2H3,(H,50,51)/b7-5-,13-11-,14-12-,19-17-,20-18-,23-22-,26-25-,32-30-. The van der Waals surface area contributed by atoms with Gasteiger partial charge in [0, 0.05) is 19.6 Å². The molecule has 0 aromatic carbocycles. The second-order valence-corrected chi connectivity index (χ2v) is 15.3. The van der Waals surface area contributed by atoms with Crippen molar-refractivity contribution in [3.05, 3.63) is 97.2 Å². The Hall–Kier alpha value is -2.58. The minimum absolute atomic E-state index is 0.0848. The third-order valence-electron chi connectivity index (χ3n) is 8.49. The molecule has 0 aromatic heterocycles. The summed E-state index contributed by atoms with van der Waals surface area (Å²) < 4.78 is 33.4. The molecule has 0 saturated heterocycles. The molecule has 56 heavy (non-hydrogen) atoms. The normalized spacial score (nSPS) is 14.4. The van der Waals surface area contributed by atoms with E-state index in [1.807, 2.05) is 0 Å². The van der Waals surface area contributed by atoms with Gasteiger partial charge in [-0.05, 0) is 96.3 Å². The predicted octanol–water partition coefficient (Wildman–Crippen LogP) is 13.1. The second kappa shape index (κ2) is 43.5. The summed E-state index contributed by atoms with van der Waals surface area (Å²) in [5.74, 6) is -0.380. The lowest BCUT2D eigenvalue weighted by Crippen LogP contribution is -2.28. The molecule has 0 heterocycles. The number of unbranched alkanes of at least 4 members (excludes halogenated alkanes) is 11. The molecule has 2 atom stereocenters. The summed E-state index contributed by atoms with van der Waals surface area (Å²) in [4.78, 5) is 22.5. The van der Waals surface area contributed by atoms with E-state index in [1.165, 1.54) is 44.9 Å². The van der Waals surface area contributed by atoms with Crippen LogP contribution in [0.4, 0.5) is 0 Å². The Kier molecular flexibility index (Phi) is 41.5. The Labute approximate surface area is 342 Å². The van der Waals surface area contributed by atoms with Crippen molar-refractivity contribution in [2.45, 2.75) is 161 Å². The minimum Gasteiger partial charge on any atom is -0.457 e. The predicted molar refractivity (Wildman–Crippen MR) is 238 cm³/mol. The molecule has 0 bridgehead atoms. The van der Waals surface area contributed by atoms with E-state index in [4.69, 9.17) is 24.3 Å². The van der Waals surface area contributed by atoms with Gasteiger partial charge in [0.15, 0.2) is 0 Å². The number of ether oxygens (including phenoxy) is 2. The molecule has 0 saturated carbocycles. The highest BCUT2D eigenvalue weighted by Crippen LogP contribution is 2.43. The molecular formula is C47H80NO7P. The first kappa shape index (κ1) is 53.4. The molecule has 0 aliphatic rings. The zero-order chi connectivity index (χ0) is 40.9. The summed E-state index contributed by atoms with van der Waals surface area (Å²) in [5, 5.41) is 0. The van der Waals surface area contributed by atoms with Crippen LogP contribution in [0.5, 0.6) is 0 Å². The summed E-state index contributed by atoms with van der Waals surface area (Å²) in [6.07, 6.45) is 57.1. The van der Waals surface area contributed by atoms with Crippen LogP contribution in [0.15, 0.2) is 97.2 Å². The van der Waals surface area contributed by atoms with Crippen molar-refractivity contribution >= 4 is 13.8 Å². The van der Waals surface area contributed by atoms with Gasteiger partial charge >= 0.3 is 13.8 Å². The average molecular weight is 802 g/mol. The van der Waals surface area contributed by atoms with E-state index >= 15 is 0 Å². The number of hydrogen-bond acceptors (Lipinski definition) is 7. The number of nitrogens with two attached hydrogens (primary N) is 1. The van der Waals surface area contributed by atoms with Crippen LogP contribution in [-0.4, -0.2) is 49.9 Å². The Bertz CT molecular complexity index is 1170. The van der Waals surface area contributed by atoms with E-state index in [0.717, 1.165) is 83.5 Å². The third kappa shape index (κ3) is 42.6. The summed E-state index contributed by atoms with van der Waals surface area (Å²) in [7, 11) is -4.30.